The van der Waals surface area contributed by atoms with E-state index in [2.05, 4.69) is 127 Å². The molecule has 0 radical (unpaired) electrons. The summed E-state index contributed by atoms with van der Waals surface area (Å²) < 4.78 is 2.28. The Morgan fingerprint density at radius 1 is 0.861 bits per heavy atom. The van der Waals surface area contributed by atoms with E-state index in [1.807, 2.05) is 37.3 Å². The standard InChI is InChI=1S/C34H34N2/c1-5-8-9-10-12-18-29-20-15-19-28(17-6-2)33(29)36(27(4)7-3)32-24-16-21-30-25-26-35(34(30)32)31-22-13-11-14-23-31/h5-16,18-27H,2-3,17H2,1,4H3/b8-5-,10-9-,18-12+. The van der Waals surface area contributed by atoms with Gasteiger partial charge in [0.15, 0.2) is 0 Å². The lowest BCUT2D eigenvalue weighted by atomic mass is 9.99. The van der Waals surface area contributed by atoms with Gasteiger partial charge in [-0.15, -0.1) is 13.2 Å². The zero-order chi connectivity index (χ0) is 25.3. The maximum Gasteiger partial charge on any atom is 0.0767 e. The molecule has 0 spiro atoms. The van der Waals surface area contributed by atoms with Crippen molar-refractivity contribution < 1.29 is 0 Å². The Kier molecular flexibility index (Phi) is 8.20. The van der Waals surface area contributed by atoms with Gasteiger partial charge in [-0.2, -0.15) is 0 Å². The van der Waals surface area contributed by atoms with Crippen molar-refractivity contribution in [1.82, 2.24) is 4.57 Å². The minimum Gasteiger partial charge on any atom is -0.332 e. The second-order valence-electron chi connectivity index (χ2n) is 8.70. The first-order valence-electron chi connectivity index (χ1n) is 12.5. The second-order valence-corrected chi connectivity index (χ2v) is 8.70. The van der Waals surface area contributed by atoms with Crippen molar-refractivity contribution in [3.05, 3.63) is 146 Å². The molecule has 0 aliphatic heterocycles. The van der Waals surface area contributed by atoms with Gasteiger partial charge in [0.05, 0.1) is 16.9 Å². The number of anilines is 2. The largest absolute Gasteiger partial charge is 0.332 e. The molecule has 1 aromatic heterocycles. The number of benzene rings is 3. The summed E-state index contributed by atoms with van der Waals surface area (Å²) in [4.78, 5) is 2.42. The maximum atomic E-state index is 4.18. The monoisotopic (exact) mass is 470 g/mol. The molecule has 4 rings (SSSR count). The molecule has 0 amide bonds. The Balaban J connectivity index is 1.98. The summed E-state index contributed by atoms with van der Waals surface area (Å²) in [6.45, 7) is 12.4. The fourth-order valence-electron chi connectivity index (χ4n) is 4.58. The number of fused-ring (bicyclic) bond motifs is 1. The van der Waals surface area contributed by atoms with Gasteiger partial charge in [0.2, 0.25) is 0 Å². The van der Waals surface area contributed by atoms with Gasteiger partial charge < -0.3 is 9.47 Å². The quantitative estimate of drug-likeness (QED) is 0.166. The number of aromatic nitrogens is 1. The highest BCUT2D eigenvalue weighted by Crippen LogP contribution is 2.40. The van der Waals surface area contributed by atoms with E-state index in [4.69, 9.17) is 0 Å². The lowest BCUT2D eigenvalue weighted by Crippen LogP contribution is -2.28. The number of hydrogen-bond donors (Lipinski definition) is 0. The summed E-state index contributed by atoms with van der Waals surface area (Å²) >= 11 is 0. The summed E-state index contributed by atoms with van der Waals surface area (Å²) in [6, 6.07) is 25.8. The second kappa shape index (κ2) is 11.9. The first-order valence-corrected chi connectivity index (χ1v) is 12.5. The van der Waals surface area contributed by atoms with Crippen molar-refractivity contribution in [3.8, 4) is 5.69 Å². The van der Waals surface area contributed by atoms with Crippen molar-refractivity contribution in [2.45, 2.75) is 26.3 Å². The molecule has 0 aliphatic carbocycles. The van der Waals surface area contributed by atoms with Gasteiger partial charge in [0.25, 0.3) is 0 Å². The van der Waals surface area contributed by atoms with E-state index in [-0.39, 0.29) is 6.04 Å². The van der Waals surface area contributed by atoms with Crippen LogP contribution in [0.25, 0.3) is 22.7 Å². The Bertz CT molecular complexity index is 1420. The SMILES string of the molecule is C=CCc1cccc(/C=C/C=C\C=C/C)c1N(c1cccc2ccn(-c3ccccc3)c12)C(C)C=C. The molecule has 1 heterocycles. The third-order valence-corrected chi connectivity index (χ3v) is 6.29. The lowest BCUT2D eigenvalue weighted by Gasteiger charge is -2.34. The summed E-state index contributed by atoms with van der Waals surface area (Å²) in [7, 11) is 0. The van der Waals surface area contributed by atoms with Gasteiger partial charge in [-0.05, 0) is 55.7 Å². The van der Waals surface area contributed by atoms with Gasteiger partial charge in [0, 0.05) is 23.3 Å². The van der Waals surface area contributed by atoms with Gasteiger partial charge in [-0.1, -0.05) is 97.1 Å². The van der Waals surface area contributed by atoms with Gasteiger partial charge in [0.1, 0.15) is 0 Å². The van der Waals surface area contributed by atoms with Crippen LogP contribution in [0, 0.1) is 0 Å². The van der Waals surface area contributed by atoms with Crippen LogP contribution in [0.1, 0.15) is 25.0 Å². The molecule has 180 valence electrons. The number of para-hydroxylation sites is 3. The molecular formula is C34H34N2. The molecule has 4 aromatic rings. The van der Waals surface area contributed by atoms with Crippen molar-refractivity contribution in [1.29, 1.82) is 0 Å². The van der Waals surface area contributed by atoms with E-state index in [9.17, 15) is 0 Å². The van der Waals surface area contributed by atoms with Crippen LogP contribution in [0.2, 0.25) is 0 Å². The van der Waals surface area contributed by atoms with E-state index < -0.39 is 0 Å². The van der Waals surface area contributed by atoms with E-state index in [0.29, 0.717) is 0 Å². The molecule has 1 unspecified atom stereocenters. The van der Waals surface area contributed by atoms with Crippen molar-refractivity contribution in [3.63, 3.8) is 0 Å². The number of rotatable bonds is 10. The zero-order valence-corrected chi connectivity index (χ0v) is 21.2. The Morgan fingerprint density at radius 3 is 2.39 bits per heavy atom. The number of hydrogen-bond acceptors (Lipinski definition) is 1. The normalized spacial score (nSPS) is 12.6. The molecule has 0 saturated carbocycles. The summed E-state index contributed by atoms with van der Waals surface area (Å²) in [5.41, 5.74) is 7.02. The third kappa shape index (κ3) is 5.18. The summed E-state index contributed by atoms with van der Waals surface area (Å²) in [5, 5.41) is 1.20. The topological polar surface area (TPSA) is 8.17 Å². The molecule has 1 atom stereocenters. The Morgan fingerprint density at radius 2 is 1.64 bits per heavy atom. The molecule has 3 aromatic carbocycles. The maximum absolute atomic E-state index is 4.18. The predicted octanol–water partition coefficient (Wildman–Crippen LogP) is 9.22. The highest BCUT2D eigenvalue weighted by Gasteiger charge is 2.23. The molecule has 0 saturated heterocycles. The predicted molar refractivity (Wildman–Crippen MR) is 158 cm³/mol. The minimum atomic E-state index is 0.0615. The van der Waals surface area contributed by atoms with Crippen LogP contribution in [-0.4, -0.2) is 10.6 Å². The molecule has 0 aliphatic rings. The van der Waals surface area contributed by atoms with Crippen molar-refractivity contribution in [2.75, 3.05) is 4.90 Å². The Hall–Kier alpha value is -4.30. The fraction of sp³-hybridized carbons (Fsp3) is 0.118. The average Bonchev–Trinajstić information content (AvgIpc) is 3.35. The molecule has 2 nitrogen and oxygen atoms in total. The summed E-state index contributed by atoms with van der Waals surface area (Å²) in [5.74, 6) is 0. The molecular weight excluding hydrogens is 436 g/mol. The fourth-order valence-corrected chi connectivity index (χ4v) is 4.58. The number of allylic oxidation sites excluding steroid dienone is 6. The van der Waals surface area contributed by atoms with Crippen LogP contribution < -0.4 is 4.90 Å². The van der Waals surface area contributed by atoms with Crippen LogP contribution in [-0.2, 0) is 6.42 Å². The van der Waals surface area contributed by atoms with Crippen LogP contribution in [0.5, 0.6) is 0 Å². The molecule has 36 heavy (non-hydrogen) atoms. The van der Waals surface area contributed by atoms with Gasteiger partial charge >= 0.3 is 0 Å². The zero-order valence-electron chi connectivity index (χ0n) is 21.2. The molecule has 0 N–H and O–H groups in total. The first kappa shape index (κ1) is 24.8. The third-order valence-electron chi connectivity index (χ3n) is 6.29. The number of nitrogens with zero attached hydrogens (tertiary/aromatic N) is 2. The van der Waals surface area contributed by atoms with Crippen molar-refractivity contribution >= 4 is 28.4 Å². The van der Waals surface area contributed by atoms with E-state index in [1.54, 1.807) is 0 Å². The van der Waals surface area contributed by atoms with Crippen LogP contribution >= 0.6 is 0 Å². The highest BCUT2D eigenvalue weighted by atomic mass is 15.2. The van der Waals surface area contributed by atoms with E-state index >= 15 is 0 Å². The summed E-state index contributed by atoms with van der Waals surface area (Å²) in [6.07, 6.45) is 19.4. The lowest BCUT2D eigenvalue weighted by molar-refractivity contribution is 0.860. The van der Waals surface area contributed by atoms with E-state index in [1.165, 1.54) is 22.2 Å². The molecule has 2 heteroatoms. The van der Waals surface area contributed by atoms with Crippen molar-refractivity contribution in [2.24, 2.45) is 0 Å². The van der Waals surface area contributed by atoms with Gasteiger partial charge in [-0.3, -0.25) is 0 Å². The molecule has 0 fully saturated rings. The first-order chi connectivity index (χ1) is 17.7. The van der Waals surface area contributed by atoms with Crippen LogP contribution in [0.3, 0.4) is 0 Å². The smallest absolute Gasteiger partial charge is 0.0767 e. The minimum absolute atomic E-state index is 0.0615. The average molecular weight is 471 g/mol. The van der Waals surface area contributed by atoms with Crippen LogP contribution in [0.15, 0.2) is 135 Å². The Labute approximate surface area is 215 Å². The highest BCUT2D eigenvalue weighted by molar-refractivity contribution is 5.97. The molecule has 0 bridgehead atoms. The van der Waals surface area contributed by atoms with E-state index in [0.717, 1.165) is 23.4 Å². The van der Waals surface area contributed by atoms with Gasteiger partial charge in [-0.25, -0.2) is 0 Å². The van der Waals surface area contributed by atoms with Crippen LogP contribution in [0.4, 0.5) is 11.4 Å².